The second kappa shape index (κ2) is 9.26. The minimum Gasteiger partial charge on any atom is -0.465 e. The molecule has 2 aliphatic rings. The standard InChI is InChI=1S/C23H32N4O4/c1-15-7-10-18-19(14-26(21(18)25-15)12-5-11-24-23(29)30)16(2)27(17-8-9-17)22(28)20-6-3-4-13-31-20/h7,10,14,16-17,20,24H,3-6,8-9,11-13H2,1-2H3,(H,29,30)/t16-,20-/m1/s1. The summed E-state index contributed by atoms with van der Waals surface area (Å²) in [6, 6.07) is 4.30. The van der Waals surface area contributed by atoms with Crippen LogP contribution in [0.5, 0.6) is 0 Å². The predicted octanol–water partition coefficient (Wildman–Crippen LogP) is 3.62. The van der Waals surface area contributed by atoms with Gasteiger partial charge in [0.15, 0.2) is 0 Å². The highest BCUT2D eigenvalue weighted by atomic mass is 16.5. The van der Waals surface area contributed by atoms with E-state index in [0.29, 0.717) is 26.1 Å². The van der Waals surface area contributed by atoms with Crippen LogP contribution in [0.1, 0.15) is 62.7 Å². The molecule has 2 amide bonds. The predicted molar refractivity (Wildman–Crippen MR) is 117 cm³/mol. The molecule has 2 aromatic heterocycles. The van der Waals surface area contributed by atoms with Crippen molar-refractivity contribution in [3.63, 3.8) is 0 Å². The molecule has 1 aliphatic heterocycles. The van der Waals surface area contributed by atoms with Crippen molar-refractivity contribution >= 4 is 23.0 Å². The van der Waals surface area contributed by atoms with Gasteiger partial charge in [-0.05, 0) is 64.5 Å². The first-order valence-corrected chi connectivity index (χ1v) is 11.3. The van der Waals surface area contributed by atoms with E-state index in [1.165, 1.54) is 0 Å². The molecule has 1 saturated carbocycles. The summed E-state index contributed by atoms with van der Waals surface area (Å²) in [6.07, 6.45) is 6.37. The van der Waals surface area contributed by atoms with Gasteiger partial charge in [-0.1, -0.05) is 0 Å². The number of aryl methyl sites for hydroxylation is 2. The second-order valence-electron chi connectivity index (χ2n) is 8.69. The number of nitrogens with one attached hydrogen (secondary N) is 1. The molecule has 4 rings (SSSR count). The molecule has 168 valence electrons. The zero-order valence-electron chi connectivity index (χ0n) is 18.3. The number of fused-ring (bicyclic) bond motifs is 1. The van der Waals surface area contributed by atoms with Crippen LogP contribution in [0.3, 0.4) is 0 Å². The second-order valence-corrected chi connectivity index (χ2v) is 8.69. The maximum absolute atomic E-state index is 13.4. The Kier molecular flexibility index (Phi) is 6.46. The Morgan fingerprint density at radius 1 is 1.32 bits per heavy atom. The summed E-state index contributed by atoms with van der Waals surface area (Å²) in [5.74, 6) is 0.112. The number of pyridine rings is 1. The third-order valence-corrected chi connectivity index (χ3v) is 6.26. The molecule has 2 aromatic rings. The van der Waals surface area contributed by atoms with Gasteiger partial charge in [-0.15, -0.1) is 0 Å². The third kappa shape index (κ3) is 4.84. The maximum Gasteiger partial charge on any atom is 0.404 e. The number of amides is 2. The minimum absolute atomic E-state index is 0.0732. The number of nitrogens with zero attached hydrogens (tertiary/aromatic N) is 3. The summed E-state index contributed by atoms with van der Waals surface area (Å²) in [5.41, 5.74) is 2.90. The first-order chi connectivity index (χ1) is 15.0. The van der Waals surface area contributed by atoms with Crippen molar-refractivity contribution in [2.24, 2.45) is 0 Å². The molecule has 0 unspecified atom stereocenters. The number of hydrogen-bond acceptors (Lipinski definition) is 4. The summed E-state index contributed by atoms with van der Waals surface area (Å²) >= 11 is 0. The Hall–Kier alpha value is -2.61. The highest BCUT2D eigenvalue weighted by Gasteiger charge is 2.40. The van der Waals surface area contributed by atoms with E-state index in [1.807, 2.05) is 17.9 Å². The Morgan fingerprint density at radius 3 is 2.81 bits per heavy atom. The van der Waals surface area contributed by atoms with Crippen LogP contribution in [-0.4, -0.2) is 56.9 Å². The quantitative estimate of drug-likeness (QED) is 0.626. The number of aromatic nitrogens is 2. The van der Waals surface area contributed by atoms with Crippen LogP contribution in [0.2, 0.25) is 0 Å². The van der Waals surface area contributed by atoms with Gasteiger partial charge in [0.05, 0.1) is 6.04 Å². The molecular weight excluding hydrogens is 396 g/mol. The van der Waals surface area contributed by atoms with Crippen LogP contribution in [0.15, 0.2) is 18.3 Å². The molecule has 0 spiro atoms. The summed E-state index contributed by atoms with van der Waals surface area (Å²) in [6.45, 7) is 5.77. The lowest BCUT2D eigenvalue weighted by Gasteiger charge is -2.34. The van der Waals surface area contributed by atoms with E-state index in [-0.39, 0.29) is 24.1 Å². The number of carbonyl (C=O) groups excluding carboxylic acids is 1. The fourth-order valence-corrected chi connectivity index (χ4v) is 4.53. The summed E-state index contributed by atoms with van der Waals surface area (Å²) in [7, 11) is 0. The molecule has 2 atom stereocenters. The topological polar surface area (TPSA) is 96.7 Å². The number of hydrogen-bond donors (Lipinski definition) is 2. The summed E-state index contributed by atoms with van der Waals surface area (Å²) in [5, 5.41) is 12.3. The summed E-state index contributed by atoms with van der Waals surface area (Å²) in [4.78, 5) is 30.9. The van der Waals surface area contributed by atoms with Gasteiger partial charge in [-0.3, -0.25) is 4.79 Å². The maximum atomic E-state index is 13.4. The first-order valence-electron chi connectivity index (χ1n) is 11.3. The Bertz CT molecular complexity index is 946. The monoisotopic (exact) mass is 428 g/mol. The Labute approximate surface area is 182 Å². The zero-order valence-corrected chi connectivity index (χ0v) is 18.3. The van der Waals surface area contributed by atoms with Crippen LogP contribution in [0, 0.1) is 6.92 Å². The molecule has 1 aliphatic carbocycles. The third-order valence-electron chi connectivity index (χ3n) is 6.26. The highest BCUT2D eigenvalue weighted by molar-refractivity contribution is 5.85. The van der Waals surface area contributed by atoms with E-state index < -0.39 is 6.09 Å². The van der Waals surface area contributed by atoms with Crippen molar-refractivity contribution in [2.45, 2.75) is 77.1 Å². The van der Waals surface area contributed by atoms with Crippen LogP contribution in [0.25, 0.3) is 11.0 Å². The Balaban J connectivity index is 1.60. The van der Waals surface area contributed by atoms with Gasteiger partial charge < -0.3 is 24.6 Å². The number of carbonyl (C=O) groups is 2. The van der Waals surface area contributed by atoms with E-state index >= 15 is 0 Å². The smallest absolute Gasteiger partial charge is 0.404 e. The average molecular weight is 429 g/mol. The molecule has 31 heavy (non-hydrogen) atoms. The van der Waals surface area contributed by atoms with E-state index in [2.05, 4.69) is 29.1 Å². The summed E-state index contributed by atoms with van der Waals surface area (Å²) < 4.78 is 7.90. The van der Waals surface area contributed by atoms with E-state index in [9.17, 15) is 9.59 Å². The van der Waals surface area contributed by atoms with Gasteiger partial charge >= 0.3 is 6.09 Å². The van der Waals surface area contributed by atoms with Crippen LogP contribution in [-0.2, 0) is 16.1 Å². The molecule has 2 fully saturated rings. The van der Waals surface area contributed by atoms with E-state index in [1.54, 1.807) is 0 Å². The molecule has 0 radical (unpaired) electrons. The van der Waals surface area contributed by atoms with Crippen LogP contribution in [0.4, 0.5) is 4.79 Å². The fourth-order valence-electron chi connectivity index (χ4n) is 4.53. The van der Waals surface area contributed by atoms with Gasteiger partial charge in [-0.25, -0.2) is 9.78 Å². The lowest BCUT2D eigenvalue weighted by Crippen LogP contribution is -2.44. The van der Waals surface area contributed by atoms with Crippen molar-refractivity contribution in [1.82, 2.24) is 19.8 Å². The van der Waals surface area contributed by atoms with Crippen LogP contribution >= 0.6 is 0 Å². The molecule has 8 nitrogen and oxygen atoms in total. The molecule has 0 bridgehead atoms. The first kappa shape index (κ1) is 21.6. The fraction of sp³-hybridized carbons (Fsp3) is 0.609. The van der Waals surface area contributed by atoms with Gasteiger partial charge in [0.1, 0.15) is 11.8 Å². The van der Waals surface area contributed by atoms with Crippen molar-refractivity contribution in [3.05, 3.63) is 29.6 Å². The normalized spacial score (nSPS) is 19.9. The molecule has 0 aromatic carbocycles. The van der Waals surface area contributed by atoms with E-state index in [0.717, 1.165) is 54.4 Å². The lowest BCUT2D eigenvalue weighted by molar-refractivity contribution is -0.149. The van der Waals surface area contributed by atoms with Crippen molar-refractivity contribution in [3.8, 4) is 0 Å². The van der Waals surface area contributed by atoms with Crippen LogP contribution < -0.4 is 5.32 Å². The minimum atomic E-state index is -1.01. The van der Waals surface area contributed by atoms with Gasteiger partial charge in [-0.2, -0.15) is 0 Å². The zero-order chi connectivity index (χ0) is 22.0. The van der Waals surface area contributed by atoms with Crippen molar-refractivity contribution in [2.75, 3.05) is 13.2 Å². The van der Waals surface area contributed by atoms with Gasteiger partial charge in [0.25, 0.3) is 5.91 Å². The highest BCUT2D eigenvalue weighted by Crippen LogP contribution is 2.38. The van der Waals surface area contributed by atoms with Gasteiger partial charge in [0.2, 0.25) is 0 Å². The number of carboxylic acid groups (broad SMARTS) is 1. The SMILES string of the molecule is Cc1ccc2c([C@@H](C)N(C(=O)[C@H]3CCCCO3)C3CC3)cn(CCCNC(=O)O)c2n1. The average Bonchev–Trinajstić information content (AvgIpc) is 3.53. The molecule has 3 heterocycles. The lowest BCUT2D eigenvalue weighted by atomic mass is 10.0. The van der Waals surface area contributed by atoms with Gasteiger partial charge in [0, 0.05) is 48.6 Å². The Morgan fingerprint density at radius 2 is 2.13 bits per heavy atom. The van der Waals surface area contributed by atoms with E-state index in [4.69, 9.17) is 14.8 Å². The molecule has 1 saturated heterocycles. The molecule has 8 heteroatoms. The largest absolute Gasteiger partial charge is 0.465 e. The van der Waals surface area contributed by atoms with Crippen molar-refractivity contribution in [1.29, 1.82) is 0 Å². The molecular formula is C23H32N4O4. The number of ether oxygens (including phenoxy) is 1. The van der Waals surface area contributed by atoms with Crippen molar-refractivity contribution < 1.29 is 19.4 Å². The molecule has 2 N–H and O–H groups in total. The number of rotatable bonds is 8.